The van der Waals surface area contributed by atoms with E-state index in [0.717, 1.165) is 42.0 Å². The number of aromatic carboxylic acids is 1. The van der Waals surface area contributed by atoms with Crippen LogP contribution in [0, 0.1) is 0 Å². The lowest BCUT2D eigenvalue weighted by Gasteiger charge is -2.12. The minimum Gasteiger partial charge on any atom is -0.478 e. The summed E-state index contributed by atoms with van der Waals surface area (Å²) in [4.78, 5) is 16.1. The molecule has 1 N–H and O–H groups in total. The van der Waals surface area contributed by atoms with E-state index in [1.165, 1.54) is 0 Å². The molecule has 0 fully saturated rings. The van der Waals surface area contributed by atoms with E-state index < -0.39 is 5.97 Å². The molecule has 0 unspecified atom stereocenters. The number of carboxylic acids is 1. The Morgan fingerprint density at radius 2 is 2.14 bits per heavy atom. The van der Waals surface area contributed by atoms with Gasteiger partial charge in [-0.1, -0.05) is 19.9 Å². The predicted molar refractivity (Wildman–Crippen MR) is 88.4 cm³/mol. The van der Waals surface area contributed by atoms with E-state index in [1.807, 2.05) is 17.8 Å². The second-order valence-corrected chi connectivity index (χ2v) is 6.44. The number of carbonyl (C=O) groups is 1. The first-order valence-electron chi connectivity index (χ1n) is 7.27. The van der Waals surface area contributed by atoms with Gasteiger partial charge in [0.2, 0.25) is 0 Å². The van der Waals surface area contributed by atoms with Crippen molar-refractivity contribution in [1.82, 2.24) is 9.55 Å². The first kappa shape index (κ1) is 15.9. The van der Waals surface area contributed by atoms with Gasteiger partial charge in [-0.3, -0.25) is 0 Å². The molecule has 0 bridgehead atoms. The van der Waals surface area contributed by atoms with Crippen molar-refractivity contribution < 1.29 is 9.90 Å². The van der Waals surface area contributed by atoms with Crippen LogP contribution in [-0.4, -0.2) is 32.6 Å². The number of aromatic nitrogens is 2. The zero-order chi connectivity index (χ0) is 15.4. The third kappa shape index (κ3) is 3.40. The molecule has 4 nitrogen and oxygen atoms in total. The lowest BCUT2D eigenvalue weighted by Crippen LogP contribution is -2.08. The summed E-state index contributed by atoms with van der Waals surface area (Å²) in [5, 5.41) is 9.42. The van der Waals surface area contributed by atoms with E-state index >= 15 is 0 Å². The van der Waals surface area contributed by atoms with Crippen molar-refractivity contribution in [1.29, 1.82) is 0 Å². The maximum absolute atomic E-state index is 11.5. The summed E-state index contributed by atoms with van der Waals surface area (Å²) in [6.45, 7) is 5.02. The molecule has 1 heterocycles. The van der Waals surface area contributed by atoms with Crippen LogP contribution in [0.1, 0.15) is 48.8 Å². The van der Waals surface area contributed by atoms with E-state index in [2.05, 4.69) is 29.7 Å². The van der Waals surface area contributed by atoms with Crippen molar-refractivity contribution >= 4 is 28.8 Å². The highest BCUT2D eigenvalue weighted by Crippen LogP contribution is 2.25. The van der Waals surface area contributed by atoms with Gasteiger partial charge in [-0.25, -0.2) is 9.78 Å². The van der Waals surface area contributed by atoms with Crippen LogP contribution >= 0.6 is 11.8 Å². The van der Waals surface area contributed by atoms with E-state index in [0.29, 0.717) is 5.56 Å². The highest BCUT2D eigenvalue weighted by molar-refractivity contribution is 7.98. The number of fused-ring (bicyclic) bond motifs is 1. The van der Waals surface area contributed by atoms with Crippen molar-refractivity contribution in [2.24, 2.45) is 0 Å². The highest BCUT2D eigenvalue weighted by Gasteiger charge is 2.18. The summed E-state index contributed by atoms with van der Waals surface area (Å²) in [6.07, 6.45) is 4.28. The van der Waals surface area contributed by atoms with Crippen LogP contribution in [0.15, 0.2) is 18.2 Å². The highest BCUT2D eigenvalue weighted by atomic mass is 32.2. The maximum Gasteiger partial charge on any atom is 0.337 e. The largest absolute Gasteiger partial charge is 0.478 e. The molecule has 114 valence electrons. The van der Waals surface area contributed by atoms with Crippen LogP contribution in [0.4, 0.5) is 0 Å². The standard InChI is InChI=1S/C16H22N2O2S/c1-11(2)15-17-13-8-6-7-12(16(19)20)14(13)18(15)9-4-5-10-21-3/h6-8,11H,4-5,9-10H2,1-3H3,(H,19,20). The van der Waals surface area contributed by atoms with Gasteiger partial charge in [0, 0.05) is 12.5 Å². The fourth-order valence-electron chi connectivity index (χ4n) is 2.56. The van der Waals surface area contributed by atoms with E-state index in [-0.39, 0.29) is 5.92 Å². The maximum atomic E-state index is 11.5. The molecule has 2 aromatic rings. The molecule has 0 amide bonds. The van der Waals surface area contributed by atoms with Gasteiger partial charge in [0.05, 0.1) is 16.6 Å². The van der Waals surface area contributed by atoms with E-state index in [9.17, 15) is 9.90 Å². The van der Waals surface area contributed by atoms with Gasteiger partial charge in [0.15, 0.2) is 0 Å². The van der Waals surface area contributed by atoms with Crippen LogP contribution in [-0.2, 0) is 6.54 Å². The molecule has 0 saturated carbocycles. The Morgan fingerprint density at radius 1 is 1.38 bits per heavy atom. The quantitative estimate of drug-likeness (QED) is 0.786. The number of thioether (sulfide) groups is 1. The topological polar surface area (TPSA) is 55.1 Å². The van der Waals surface area contributed by atoms with Crippen LogP contribution in [0.3, 0.4) is 0 Å². The van der Waals surface area contributed by atoms with Crippen molar-refractivity contribution in [3.05, 3.63) is 29.6 Å². The zero-order valence-electron chi connectivity index (χ0n) is 12.8. The molecule has 0 aliphatic rings. The van der Waals surface area contributed by atoms with Crippen molar-refractivity contribution in [3.63, 3.8) is 0 Å². The van der Waals surface area contributed by atoms with Gasteiger partial charge >= 0.3 is 5.97 Å². The Hall–Kier alpha value is -1.49. The molecule has 0 spiro atoms. The van der Waals surface area contributed by atoms with Crippen molar-refractivity contribution in [2.75, 3.05) is 12.0 Å². The fraction of sp³-hybridized carbons (Fsp3) is 0.500. The normalized spacial score (nSPS) is 11.4. The van der Waals surface area contributed by atoms with Gasteiger partial charge in [0.1, 0.15) is 5.82 Å². The molecular weight excluding hydrogens is 284 g/mol. The first-order valence-corrected chi connectivity index (χ1v) is 8.67. The molecule has 21 heavy (non-hydrogen) atoms. The second kappa shape index (κ2) is 6.98. The molecular formula is C16H22N2O2S. The second-order valence-electron chi connectivity index (χ2n) is 5.45. The predicted octanol–water partition coefficient (Wildman–Crippen LogP) is 4.00. The zero-order valence-corrected chi connectivity index (χ0v) is 13.6. The van der Waals surface area contributed by atoms with Crippen LogP contribution < -0.4 is 0 Å². The first-order chi connectivity index (χ1) is 10.1. The van der Waals surface area contributed by atoms with Gasteiger partial charge in [-0.2, -0.15) is 11.8 Å². The van der Waals surface area contributed by atoms with Crippen molar-refractivity contribution in [2.45, 2.75) is 39.2 Å². The molecule has 0 atom stereocenters. The average molecular weight is 306 g/mol. The molecule has 2 rings (SSSR count). The summed E-state index contributed by atoms with van der Waals surface area (Å²) >= 11 is 1.84. The summed E-state index contributed by atoms with van der Waals surface area (Å²) in [5.74, 6) is 1.50. The van der Waals surface area contributed by atoms with Crippen molar-refractivity contribution in [3.8, 4) is 0 Å². The Morgan fingerprint density at radius 3 is 2.76 bits per heavy atom. The number of carboxylic acid groups (broad SMARTS) is 1. The number of rotatable bonds is 7. The molecule has 0 aliphatic carbocycles. The Balaban J connectivity index is 2.47. The number of imidazole rings is 1. The molecule has 0 aliphatic heterocycles. The number of hydrogen-bond acceptors (Lipinski definition) is 3. The number of para-hydroxylation sites is 1. The average Bonchev–Trinajstić information content (AvgIpc) is 2.82. The van der Waals surface area contributed by atoms with E-state index in [1.54, 1.807) is 12.1 Å². The minimum atomic E-state index is -0.888. The number of unbranched alkanes of at least 4 members (excludes halogenated alkanes) is 1. The number of benzene rings is 1. The minimum absolute atomic E-state index is 0.277. The third-order valence-electron chi connectivity index (χ3n) is 3.52. The SMILES string of the molecule is CSCCCCn1c(C(C)C)nc2cccc(C(=O)O)c21. The molecule has 1 aromatic carbocycles. The van der Waals surface area contributed by atoms with Crippen LogP contribution in [0.5, 0.6) is 0 Å². The summed E-state index contributed by atoms with van der Waals surface area (Å²) < 4.78 is 2.10. The van der Waals surface area contributed by atoms with Gasteiger partial charge in [-0.05, 0) is 37.0 Å². The Labute approximate surface area is 129 Å². The van der Waals surface area contributed by atoms with Crippen LogP contribution in [0.2, 0.25) is 0 Å². The third-order valence-corrected chi connectivity index (χ3v) is 4.22. The van der Waals surface area contributed by atoms with Crippen LogP contribution in [0.25, 0.3) is 11.0 Å². The number of nitrogens with zero attached hydrogens (tertiary/aromatic N) is 2. The van der Waals surface area contributed by atoms with Gasteiger partial charge in [0.25, 0.3) is 0 Å². The lowest BCUT2D eigenvalue weighted by molar-refractivity contribution is 0.0698. The monoisotopic (exact) mass is 306 g/mol. The smallest absolute Gasteiger partial charge is 0.337 e. The molecule has 0 saturated heterocycles. The fourth-order valence-corrected chi connectivity index (χ4v) is 3.05. The molecule has 1 aromatic heterocycles. The summed E-state index contributed by atoms with van der Waals surface area (Å²) in [5.41, 5.74) is 1.89. The Bertz CT molecular complexity index is 634. The number of hydrogen-bond donors (Lipinski definition) is 1. The van der Waals surface area contributed by atoms with Gasteiger partial charge < -0.3 is 9.67 Å². The molecule has 0 radical (unpaired) electrons. The van der Waals surface area contributed by atoms with Gasteiger partial charge in [-0.15, -0.1) is 0 Å². The Kier molecular flexibility index (Phi) is 5.28. The molecule has 5 heteroatoms. The lowest BCUT2D eigenvalue weighted by atomic mass is 10.1. The summed E-state index contributed by atoms with van der Waals surface area (Å²) in [7, 11) is 0. The van der Waals surface area contributed by atoms with E-state index in [4.69, 9.17) is 0 Å². The number of aryl methyl sites for hydroxylation is 1. The summed E-state index contributed by atoms with van der Waals surface area (Å²) in [6, 6.07) is 5.32.